The van der Waals surface area contributed by atoms with Crippen molar-refractivity contribution in [2.45, 2.75) is 64.8 Å². The van der Waals surface area contributed by atoms with Gasteiger partial charge in [0.1, 0.15) is 26.6 Å². The molecule has 5 heterocycles. The minimum atomic E-state index is -0.199. The molecule has 1 aliphatic rings. The first-order valence-corrected chi connectivity index (χ1v) is 26.3. The fourth-order valence-corrected chi connectivity index (χ4v) is 11.1. The maximum absolute atomic E-state index is 12.4. The number of carbonyl (C=O) groups excluding carboxylic acids is 3. The van der Waals surface area contributed by atoms with E-state index in [1.807, 2.05) is 72.4 Å². The average Bonchev–Trinajstić information content (AvgIpc) is 4.16. The Kier molecular flexibility index (Phi) is 20.8. The van der Waals surface area contributed by atoms with Crippen LogP contribution >= 0.6 is 68.9 Å². The molecule has 0 aliphatic carbocycles. The van der Waals surface area contributed by atoms with Crippen LogP contribution in [0.3, 0.4) is 0 Å². The van der Waals surface area contributed by atoms with Crippen molar-refractivity contribution in [2.24, 2.45) is 0 Å². The minimum absolute atomic E-state index is 0.109. The number of benzene rings is 3. The highest BCUT2D eigenvalue weighted by Gasteiger charge is 2.16. The van der Waals surface area contributed by atoms with Gasteiger partial charge >= 0.3 is 5.97 Å². The number of ether oxygens (including phenoxy) is 1. The molecule has 0 saturated heterocycles. The number of aliphatic hydroxyl groups is 2. The summed E-state index contributed by atoms with van der Waals surface area (Å²) >= 11 is 9.23. The second-order valence-electron chi connectivity index (χ2n) is 14.2. The summed E-state index contributed by atoms with van der Waals surface area (Å²) in [6, 6.07) is 22.4. The molecule has 0 spiro atoms. The van der Waals surface area contributed by atoms with E-state index in [1.54, 1.807) is 23.9 Å². The quantitative estimate of drug-likeness (QED) is 0.0399. The number of anilines is 4. The molecule has 1 aliphatic heterocycles. The number of nitrogens with two attached hydrogens (primary N) is 2. The first-order valence-electron chi connectivity index (χ1n) is 20.8. The van der Waals surface area contributed by atoms with E-state index in [4.69, 9.17) is 16.2 Å². The number of fused-ring (bicyclic) bond motifs is 1. The van der Waals surface area contributed by atoms with E-state index in [9.17, 15) is 24.6 Å². The summed E-state index contributed by atoms with van der Waals surface area (Å²) in [5.74, 6) is 3.21. The Labute approximate surface area is 410 Å². The Morgan fingerprint density at radius 3 is 1.36 bits per heavy atom. The number of carbonyl (C=O) groups is 3. The van der Waals surface area contributed by atoms with Gasteiger partial charge in [0.2, 0.25) is 32.3 Å². The van der Waals surface area contributed by atoms with Crippen molar-refractivity contribution in [3.8, 4) is 0 Å². The van der Waals surface area contributed by atoms with E-state index in [2.05, 4.69) is 51.4 Å². The SMILES string of the molecule is Nc1nnc(CCSCCc2nnc(N)s2)s1.O=C(Cc1ccccc1CO)Nc1nnc(CCSCCc2nnc(NC(=O)Cc3ccccc3CO)s2)s1.O=C1Cc2ccccc2CO1. The van der Waals surface area contributed by atoms with Crippen LogP contribution in [0.1, 0.15) is 53.4 Å². The van der Waals surface area contributed by atoms with Crippen molar-refractivity contribution < 1.29 is 29.3 Å². The largest absolute Gasteiger partial charge is 0.461 e. The Bertz CT molecular complexity index is 2510. The molecule has 4 aromatic heterocycles. The smallest absolute Gasteiger partial charge is 0.310 e. The van der Waals surface area contributed by atoms with E-state index in [0.29, 0.717) is 33.6 Å². The Morgan fingerprint density at radius 1 is 0.552 bits per heavy atom. The number of nitrogen functional groups attached to an aromatic ring is 2. The van der Waals surface area contributed by atoms with Gasteiger partial charge in [-0.1, -0.05) is 118 Å². The number of amides is 2. The number of nitrogens with zero attached hydrogens (tertiary/aromatic N) is 8. The maximum Gasteiger partial charge on any atom is 0.310 e. The summed E-state index contributed by atoms with van der Waals surface area (Å²) in [6.45, 7) is 0.222. The minimum Gasteiger partial charge on any atom is -0.461 e. The zero-order chi connectivity index (χ0) is 47.2. The molecule has 3 aromatic carbocycles. The molecule has 7 aromatic rings. The first-order chi connectivity index (χ1) is 32.6. The monoisotopic (exact) mass is 1020 g/mol. The maximum atomic E-state index is 12.4. The molecule has 0 saturated carbocycles. The third-order valence-corrected chi connectivity index (χ3v) is 14.7. The lowest BCUT2D eigenvalue weighted by molar-refractivity contribution is -0.145. The standard InChI is InChI=1S/C26H28N6O4S3.C9H8O2.C8H12N6S3/c33-15-19-7-3-1-5-17(19)13-21(35)27-25-31-29-23(38-25)9-11-37-12-10-24-30-32-26(39-24)28-22(36)14-18-6-2-4-8-20(18)16-34;10-9-5-7-3-1-2-4-8(7)6-11-9;9-7-13-11-5(16-7)1-3-15-4-2-6-12-14-8(10)17-6/h1-8,33-34H,9-16H2,(H,27,31,35)(H,28,32,36);1-4H,5-6H2;1-4H2,(H2,9,13)(H2,10,14). The van der Waals surface area contributed by atoms with Gasteiger partial charge in [0.05, 0.1) is 32.5 Å². The van der Waals surface area contributed by atoms with Crippen molar-refractivity contribution in [1.82, 2.24) is 40.8 Å². The number of aliphatic hydroxyl groups excluding tert-OH is 2. The Hall–Kier alpha value is -5.47. The van der Waals surface area contributed by atoms with E-state index < -0.39 is 0 Å². The molecular weight excluding hydrogens is 973 g/mol. The number of nitrogens with one attached hydrogen (secondary N) is 2. The number of esters is 1. The molecule has 8 rings (SSSR count). The molecule has 0 fully saturated rings. The van der Waals surface area contributed by atoms with Crippen LogP contribution in [0.2, 0.25) is 0 Å². The van der Waals surface area contributed by atoms with Gasteiger partial charge in [-0.3, -0.25) is 14.4 Å². The Balaban J connectivity index is 0.000000213. The summed E-state index contributed by atoms with van der Waals surface area (Å²) in [5, 5.41) is 62.0. The first kappa shape index (κ1) is 50.9. The van der Waals surface area contributed by atoms with Crippen LogP contribution in [0, 0.1) is 0 Å². The number of aromatic nitrogens is 8. The van der Waals surface area contributed by atoms with Crippen LogP contribution in [0.15, 0.2) is 72.8 Å². The van der Waals surface area contributed by atoms with Gasteiger partial charge in [-0.25, -0.2) is 0 Å². The fourth-order valence-electron chi connectivity index (χ4n) is 6.06. The van der Waals surface area contributed by atoms with Crippen molar-refractivity contribution in [3.63, 3.8) is 0 Å². The van der Waals surface area contributed by atoms with Gasteiger partial charge in [0.25, 0.3) is 0 Å². The second kappa shape index (κ2) is 27.4. The van der Waals surface area contributed by atoms with Crippen LogP contribution in [-0.4, -0.2) is 91.8 Å². The Morgan fingerprint density at radius 2 is 0.940 bits per heavy atom. The normalized spacial score (nSPS) is 11.6. The molecule has 24 heteroatoms. The van der Waals surface area contributed by atoms with Crippen molar-refractivity contribution >= 4 is 107 Å². The highest BCUT2D eigenvalue weighted by Crippen LogP contribution is 2.22. The van der Waals surface area contributed by atoms with Gasteiger partial charge in [-0.2, -0.15) is 23.5 Å². The summed E-state index contributed by atoms with van der Waals surface area (Å²) < 4.78 is 4.87. The highest BCUT2D eigenvalue weighted by molar-refractivity contribution is 7.99. The number of hydrogen-bond donors (Lipinski definition) is 6. The number of aryl methyl sites for hydroxylation is 4. The lowest BCUT2D eigenvalue weighted by Crippen LogP contribution is -2.15. The van der Waals surface area contributed by atoms with Crippen LogP contribution < -0.4 is 22.1 Å². The summed E-state index contributed by atoms with van der Waals surface area (Å²) in [6.07, 6.45) is 4.05. The predicted octanol–water partition coefficient (Wildman–Crippen LogP) is 5.61. The number of rotatable bonds is 20. The molecule has 8 N–H and O–H groups in total. The number of thioether (sulfide) groups is 2. The van der Waals surface area contributed by atoms with Gasteiger partial charge in [-0.15, -0.1) is 40.8 Å². The van der Waals surface area contributed by atoms with E-state index in [-0.39, 0.29) is 43.8 Å². The molecular formula is C43H48N12O6S6. The topological polar surface area (TPSA) is 280 Å². The average molecular weight is 1020 g/mol. The highest BCUT2D eigenvalue weighted by atomic mass is 32.2. The summed E-state index contributed by atoms with van der Waals surface area (Å²) in [7, 11) is 0. The lowest BCUT2D eigenvalue weighted by atomic mass is 10.0. The van der Waals surface area contributed by atoms with Crippen molar-refractivity contribution in [1.29, 1.82) is 0 Å². The van der Waals surface area contributed by atoms with Gasteiger partial charge in [0, 0.05) is 25.7 Å². The number of cyclic esters (lactones) is 1. The van der Waals surface area contributed by atoms with Gasteiger partial charge in [-0.05, 0) is 56.4 Å². The van der Waals surface area contributed by atoms with Gasteiger partial charge < -0.3 is 37.1 Å². The van der Waals surface area contributed by atoms with E-state index in [0.717, 1.165) is 102 Å². The molecule has 0 unspecified atom stereocenters. The third-order valence-electron chi connectivity index (χ3n) is 9.35. The number of hydrogen-bond acceptors (Lipinski definition) is 22. The van der Waals surface area contributed by atoms with Crippen LogP contribution in [-0.2, 0) is 83.9 Å². The predicted molar refractivity (Wildman–Crippen MR) is 267 cm³/mol. The van der Waals surface area contributed by atoms with Crippen LogP contribution in [0.25, 0.3) is 0 Å². The van der Waals surface area contributed by atoms with Crippen LogP contribution in [0.5, 0.6) is 0 Å². The third kappa shape index (κ3) is 17.6. The van der Waals surface area contributed by atoms with Crippen molar-refractivity contribution in [3.05, 3.63) is 126 Å². The zero-order valence-electron chi connectivity index (χ0n) is 36.0. The van der Waals surface area contributed by atoms with E-state index >= 15 is 0 Å². The summed E-state index contributed by atoms with van der Waals surface area (Å²) in [5.41, 5.74) is 16.3. The molecule has 0 radical (unpaired) electrons. The molecule has 0 bridgehead atoms. The van der Waals surface area contributed by atoms with Crippen LogP contribution in [0.4, 0.5) is 20.5 Å². The molecule has 0 atom stereocenters. The molecule has 18 nitrogen and oxygen atoms in total. The molecule has 352 valence electrons. The molecule has 2 amide bonds. The fraction of sp³-hybridized carbons (Fsp3) is 0.326. The lowest BCUT2D eigenvalue weighted by Gasteiger charge is -2.14. The zero-order valence-corrected chi connectivity index (χ0v) is 40.9. The van der Waals surface area contributed by atoms with E-state index in [1.165, 1.54) is 45.3 Å². The second-order valence-corrected chi connectivity index (χ2v) is 21.0. The summed E-state index contributed by atoms with van der Waals surface area (Å²) in [4.78, 5) is 35.5. The molecule has 67 heavy (non-hydrogen) atoms. The van der Waals surface area contributed by atoms with Crippen molar-refractivity contribution in [2.75, 3.05) is 45.1 Å². The van der Waals surface area contributed by atoms with Gasteiger partial charge in [0.15, 0.2) is 0 Å².